The minimum absolute atomic E-state index is 0.636. The molecule has 0 spiro atoms. The molecule has 80 valence electrons. The van der Waals surface area contributed by atoms with Crippen LogP contribution in [-0.4, -0.2) is 12.7 Å². The van der Waals surface area contributed by atoms with Crippen LogP contribution in [0.25, 0.3) is 0 Å². The van der Waals surface area contributed by atoms with Crippen LogP contribution in [0.4, 0.5) is 0 Å². The molecule has 3 rings (SSSR count). The molecule has 1 heteroatoms. The van der Waals surface area contributed by atoms with Gasteiger partial charge in [0.1, 0.15) is 0 Å². The van der Waals surface area contributed by atoms with Crippen molar-refractivity contribution < 1.29 is 4.74 Å². The lowest BCUT2D eigenvalue weighted by Gasteiger charge is -2.31. The van der Waals surface area contributed by atoms with E-state index in [-0.39, 0.29) is 0 Å². The lowest BCUT2D eigenvalue weighted by molar-refractivity contribution is -0.00393. The van der Waals surface area contributed by atoms with Gasteiger partial charge in [-0.25, -0.2) is 0 Å². The van der Waals surface area contributed by atoms with E-state index in [4.69, 9.17) is 4.74 Å². The van der Waals surface area contributed by atoms with E-state index in [1.54, 1.807) is 0 Å². The molecule has 0 radical (unpaired) electrons. The molecule has 6 atom stereocenters. The third kappa shape index (κ3) is 1.18. The average molecular weight is 194 g/mol. The van der Waals surface area contributed by atoms with Gasteiger partial charge in [-0.15, -0.1) is 0 Å². The van der Waals surface area contributed by atoms with Gasteiger partial charge in [-0.2, -0.15) is 0 Å². The van der Waals surface area contributed by atoms with E-state index in [1.807, 2.05) is 0 Å². The van der Waals surface area contributed by atoms with E-state index in [2.05, 4.69) is 13.8 Å². The lowest BCUT2D eigenvalue weighted by Crippen LogP contribution is -2.30. The van der Waals surface area contributed by atoms with Crippen LogP contribution in [0.1, 0.15) is 39.5 Å². The van der Waals surface area contributed by atoms with Crippen molar-refractivity contribution in [3.05, 3.63) is 0 Å². The van der Waals surface area contributed by atoms with E-state index in [0.717, 1.165) is 36.2 Å². The molecular formula is C13H22O. The predicted molar refractivity (Wildman–Crippen MR) is 57.0 cm³/mol. The SMILES string of the molecule is CCOC1CC2CC1C1CC(C)CC21. The van der Waals surface area contributed by atoms with Crippen LogP contribution < -0.4 is 0 Å². The van der Waals surface area contributed by atoms with Gasteiger partial charge in [0.15, 0.2) is 0 Å². The first-order chi connectivity index (χ1) is 6.79. The Morgan fingerprint density at radius 3 is 2.57 bits per heavy atom. The Balaban J connectivity index is 1.73. The predicted octanol–water partition coefficient (Wildman–Crippen LogP) is 3.09. The Labute approximate surface area is 87.2 Å². The second-order valence-corrected chi connectivity index (χ2v) is 5.79. The Bertz CT molecular complexity index is 225. The Hall–Kier alpha value is -0.0400. The van der Waals surface area contributed by atoms with Crippen molar-refractivity contribution in [2.24, 2.45) is 29.6 Å². The summed E-state index contributed by atoms with van der Waals surface area (Å²) >= 11 is 0. The molecule has 0 aliphatic heterocycles. The minimum Gasteiger partial charge on any atom is -0.378 e. The molecule has 1 nitrogen and oxygen atoms in total. The smallest absolute Gasteiger partial charge is 0.0608 e. The molecule has 0 heterocycles. The Kier molecular flexibility index (Phi) is 2.12. The van der Waals surface area contributed by atoms with Crippen LogP contribution in [0.3, 0.4) is 0 Å². The van der Waals surface area contributed by atoms with E-state index < -0.39 is 0 Å². The van der Waals surface area contributed by atoms with Crippen molar-refractivity contribution in [1.29, 1.82) is 0 Å². The summed E-state index contributed by atoms with van der Waals surface area (Å²) in [7, 11) is 0. The Morgan fingerprint density at radius 2 is 1.79 bits per heavy atom. The molecule has 3 fully saturated rings. The molecule has 6 unspecified atom stereocenters. The van der Waals surface area contributed by atoms with Gasteiger partial charge in [0.25, 0.3) is 0 Å². The first-order valence-electron chi connectivity index (χ1n) is 6.41. The van der Waals surface area contributed by atoms with Crippen molar-refractivity contribution in [2.45, 2.75) is 45.6 Å². The van der Waals surface area contributed by atoms with E-state index in [9.17, 15) is 0 Å². The topological polar surface area (TPSA) is 9.23 Å². The number of fused-ring (bicyclic) bond motifs is 5. The van der Waals surface area contributed by atoms with Crippen LogP contribution in [0.5, 0.6) is 0 Å². The van der Waals surface area contributed by atoms with Gasteiger partial charge in [0.2, 0.25) is 0 Å². The molecule has 0 amide bonds. The summed E-state index contributed by atoms with van der Waals surface area (Å²) in [4.78, 5) is 0. The average Bonchev–Trinajstić information content (AvgIpc) is 2.74. The lowest BCUT2D eigenvalue weighted by atomic mass is 9.80. The first-order valence-corrected chi connectivity index (χ1v) is 6.41. The van der Waals surface area contributed by atoms with Crippen LogP contribution >= 0.6 is 0 Å². The zero-order valence-electron chi connectivity index (χ0n) is 9.41. The first kappa shape index (κ1) is 9.21. The Morgan fingerprint density at radius 1 is 1.00 bits per heavy atom. The van der Waals surface area contributed by atoms with Crippen LogP contribution in [0, 0.1) is 29.6 Å². The van der Waals surface area contributed by atoms with Crippen molar-refractivity contribution in [3.8, 4) is 0 Å². The van der Waals surface area contributed by atoms with Gasteiger partial charge in [0.05, 0.1) is 6.10 Å². The maximum atomic E-state index is 5.88. The van der Waals surface area contributed by atoms with Crippen LogP contribution in [0.15, 0.2) is 0 Å². The molecule has 14 heavy (non-hydrogen) atoms. The second-order valence-electron chi connectivity index (χ2n) is 5.79. The fraction of sp³-hybridized carbons (Fsp3) is 1.00. The highest BCUT2D eigenvalue weighted by Crippen LogP contribution is 2.60. The second kappa shape index (κ2) is 3.23. The van der Waals surface area contributed by atoms with E-state index >= 15 is 0 Å². The van der Waals surface area contributed by atoms with Gasteiger partial charge < -0.3 is 4.74 Å². The number of rotatable bonds is 2. The molecule has 3 aliphatic rings. The fourth-order valence-corrected chi connectivity index (χ4v) is 4.69. The fourth-order valence-electron chi connectivity index (χ4n) is 4.69. The maximum Gasteiger partial charge on any atom is 0.0608 e. The van der Waals surface area contributed by atoms with Crippen molar-refractivity contribution >= 4 is 0 Å². The molecule has 3 aliphatic carbocycles. The molecule has 0 aromatic carbocycles. The third-order valence-corrected chi connectivity index (χ3v) is 5.02. The third-order valence-electron chi connectivity index (χ3n) is 5.02. The summed E-state index contributed by atoms with van der Waals surface area (Å²) in [5.41, 5.74) is 0. The minimum atomic E-state index is 0.636. The summed E-state index contributed by atoms with van der Waals surface area (Å²) in [6, 6.07) is 0. The normalized spacial score (nSPS) is 55.3. The van der Waals surface area contributed by atoms with Gasteiger partial charge in [-0.05, 0) is 62.2 Å². The molecule has 3 saturated carbocycles. The zero-order chi connectivity index (χ0) is 9.71. The highest BCUT2D eigenvalue weighted by molar-refractivity contribution is 5.04. The van der Waals surface area contributed by atoms with Crippen LogP contribution in [-0.2, 0) is 4.74 Å². The quantitative estimate of drug-likeness (QED) is 0.656. The van der Waals surface area contributed by atoms with Gasteiger partial charge in [-0.3, -0.25) is 0 Å². The van der Waals surface area contributed by atoms with Gasteiger partial charge >= 0.3 is 0 Å². The molecular weight excluding hydrogens is 172 g/mol. The largest absolute Gasteiger partial charge is 0.378 e. The van der Waals surface area contributed by atoms with Gasteiger partial charge in [-0.1, -0.05) is 6.92 Å². The maximum absolute atomic E-state index is 5.88. The number of ether oxygens (including phenoxy) is 1. The van der Waals surface area contributed by atoms with E-state index in [1.165, 1.54) is 25.7 Å². The van der Waals surface area contributed by atoms with Crippen LogP contribution in [0.2, 0.25) is 0 Å². The van der Waals surface area contributed by atoms with E-state index in [0.29, 0.717) is 6.10 Å². The number of hydrogen-bond donors (Lipinski definition) is 0. The highest BCUT2D eigenvalue weighted by atomic mass is 16.5. The zero-order valence-corrected chi connectivity index (χ0v) is 9.41. The molecule has 0 aromatic rings. The standard InChI is InChI=1S/C13H22O/c1-3-14-13-7-9-6-12(13)11-5-8(2)4-10(9)11/h8-13H,3-7H2,1-2H3. The molecule has 0 saturated heterocycles. The van der Waals surface area contributed by atoms with Crippen molar-refractivity contribution in [3.63, 3.8) is 0 Å². The monoisotopic (exact) mass is 194 g/mol. The molecule has 2 bridgehead atoms. The summed E-state index contributed by atoms with van der Waals surface area (Å²) in [5, 5.41) is 0. The summed E-state index contributed by atoms with van der Waals surface area (Å²) in [6.07, 6.45) is 6.52. The molecule has 0 aromatic heterocycles. The number of hydrogen-bond acceptors (Lipinski definition) is 1. The summed E-state index contributed by atoms with van der Waals surface area (Å²) < 4.78 is 5.88. The highest BCUT2D eigenvalue weighted by Gasteiger charge is 2.55. The van der Waals surface area contributed by atoms with Crippen molar-refractivity contribution in [2.75, 3.05) is 6.61 Å². The summed E-state index contributed by atoms with van der Waals surface area (Å²) in [6.45, 7) is 5.50. The van der Waals surface area contributed by atoms with Gasteiger partial charge in [0, 0.05) is 6.61 Å². The molecule has 0 N–H and O–H groups in total. The summed E-state index contributed by atoms with van der Waals surface area (Å²) in [5.74, 6) is 5.10. The van der Waals surface area contributed by atoms with Crippen molar-refractivity contribution in [1.82, 2.24) is 0 Å².